The van der Waals surface area contributed by atoms with Crippen LogP contribution >= 0.6 is 22.9 Å². The van der Waals surface area contributed by atoms with Crippen LogP contribution in [0.3, 0.4) is 0 Å². The Balaban J connectivity index is 1.55. The number of pyridine rings is 1. The van der Waals surface area contributed by atoms with Gasteiger partial charge in [-0.05, 0) is 34.4 Å². The molecule has 0 aliphatic rings. The van der Waals surface area contributed by atoms with Crippen LogP contribution in [0.2, 0.25) is 5.02 Å². The largest absolute Gasteiger partial charge is 0.329 e. The number of carbonyl (C=O) groups is 1. The molecule has 0 fully saturated rings. The standard InChI is InChI=1S/C28H21ClN2OS/c29-26-24-14-6-7-15-25(24)33-27(26)28(32)31(18-20-9-8-16-30-17-20)19-22-12-4-5-13-23(22)21-10-2-1-3-11-21/h1-17H,18-19H2. The van der Waals surface area contributed by atoms with Crippen LogP contribution < -0.4 is 0 Å². The van der Waals surface area contributed by atoms with Crippen molar-refractivity contribution >= 4 is 38.9 Å². The molecule has 0 saturated carbocycles. The van der Waals surface area contributed by atoms with Crippen molar-refractivity contribution in [3.8, 4) is 11.1 Å². The lowest BCUT2D eigenvalue weighted by Gasteiger charge is -2.24. The van der Waals surface area contributed by atoms with E-state index in [1.165, 1.54) is 11.3 Å². The zero-order chi connectivity index (χ0) is 22.6. The zero-order valence-electron chi connectivity index (χ0n) is 17.8. The molecule has 5 rings (SSSR count). The molecular weight excluding hydrogens is 448 g/mol. The van der Waals surface area contributed by atoms with Crippen molar-refractivity contribution < 1.29 is 4.79 Å². The Hall–Kier alpha value is -3.47. The highest BCUT2D eigenvalue weighted by Gasteiger charge is 2.24. The number of benzene rings is 3. The topological polar surface area (TPSA) is 33.2 Å². The normalized spacial score (nSPS) is 10.9. The second-order valence-electron chi connectivity index (χ2n) is 7.79. The zero-order valence-corrected chi connectivity index (χ0v) is 19.4. The van der Waals surface area contributed by atoms with Crippen LogP contribution in [-0.4, -0.2) is 15.8 Å². The molecule has 0 atom stereocenters. The van der Waals surface area contributed by atoms with Crippen molar-refractivity contribution in [2.75, 3.05) is 0 Å². The molecule has 0 unspecified atom stereocenters. The van der Waals surface area contributed by atoms with Gasteiger partial charge in [0.2, 0.25) is 0 Å². The van der Waals surface area contributed by atoms with E-state index < -0.39 is 0 Å². The number of aromatic nitrogens is 1. The van der Waals surface area contributed by atoms with Crippen molar-refractivity contribution in [2.45, 2.75) is 13.1 Å². The van der Waals surface area contributed by atoms with Gasteiger partial charge in [0.1, 0.15) is 4.88 Å². The summed E-state index contributed by atoms with van der Waals surface area (Å²) in [5, 5.41) is 1.44. The Bertz CT molecular complexity index is 1400. The molecule has 0 aliphatic heterocycles. The molecule has 2 heterocycles. The van der Waals surface area contributed by atoms with Gasteiger partial charge in [-0.25, -0.2) is 0 Å². The third kappa shape index (κ3) is 4.54. The maximum atomic E-state index is 13.8. The van der Waals surface area contributed by atoms with Crippen molar-refractivity contribution in [3.63, 3.8) is 0 Å². The van der Waals surface area contributed by atoms with Crippen LogP contribution in [0.5, 0.6) is 0 Å². The van der Waals surface area contributed by atoms with Gasteiger partial charge in [0.05, 0.1) is 5.02 Å². The molecule has 162 valence electrons. The van der Waals surface area contributed by atoms with Crippen LogP contribution in [0.1, 0.15) is 20.8 Å². The van der Waals surface area contributed by atoms with Gasteiger partial charge < -0.3 is 4.90 Å². The van der Waals surface area contributed by atoms with Crippen molar-refractivity contribution in [1.29, 1.82) is 0 Å². The maximum absolute atomic E-state index is 13.8. The predicted octanol–water partition coefficient (Wildman–Crippen LogP) is 7.46. The summed E-state index contributed by atoms with van der Waals surface area (Å²) >= 11 is 8.12. The molecule has 0 bridgehead atoms. The molecule has 0 saturated heterocycles. The molecule has 0 N–H and O–H groups in total. The van der Waals surface area contributed by atoms with E-state index in [-0.39, 0.29) is 5.91 Å². The Kier molecular flexibility index (Phi) is 6.20. The number of hydrogen-bond donors (Lipinski definition) is 0. The first kappa shape index (κ1) is 21.4. The minimum atomic E-state index is -0.0760. The lowest BCUT2D eigenvalue weighted by atomic mass is 9.99. The lowest BCUT2D eigenvalue weighted by molar-refractivity contribution is 0.0735. The Morgan fingerprint density at radius 3 is 2.39 bits per heavy atom. The summed E-state index contributed by atoms with van der Waals surface area (Å²) in [5.74, 6) is -0.0760. The summed E-state index contributed by atoms with van der Waals surface area (Å²) in [7, 11) is 0. The summed E-state index contributed by atoms with van der Waals surface area (Å²) in [5.41, 5.74) is 4.30. The molecular formula is C28H21ClN2OS. The van der Waals surface area contributed by atoms with Crippen LogP contribution in [0.15, 0.2) is 103 Å². The van der Waals surface area contributed by atoms with Gasteiger partial charge in [-0.3, -0.25) is 9.78 Å². The summed E-state index contributed by atoms with van der Waals surface area (Å²) in [4.78, 5) is 20.5. The van der Waals surface area contributed by atoms with E-state index in [1.807, 2.05) is 71.6 Å². The highest BCUT2D eigenvalue weighted by Crippen LogP contribution is 2.36. The highest BCUT2D eigenvalue weighted by molar-refractivity contribution is 7.21. The highest BCUT2D eigenvalue weighted by atomic mass is 35.5. The first-order chi connectivity index (χ1) is 16.2. The number of hydrogen-bond acceptors (Lipinski definition) is 3. The van der Waals surface area contributed by atoms with Gasteiger partial charge in [0, 0.05) is 35.6 Å². The Labute approximate surface area is 201 Å². The number of fused-ring (bicyclic) bond motifs is 1. The van der Waals surface area contributed by atoms with Crippen molar-refractivity contribution in [1.82, 2.24) is 9.88 Å². The van der Waals surface area contributed by atoms with E-state index in [0.29, 0.717) is 23.0 Å². The molecule has 5 heteroatoms. The van der Waals surface area contributed by atoms with Crippen molar-refractivity contribution in [2.24, 2.45) is 0 Å². The van der Waals surface area contributed by atoms with Gasteiger partial charge in [0.15, 0.2) is 0 Å². The maximum Gasteiger partial charge on any atom is 0.266 e. The van der Waals surface area contributed by atoms with E-state index in [1.54, 1.807) is 12.4 Å². The molecule has 3 aromatic carbocycles. The molecule has 0 spiro atoms. The van der Waals surface area contributed by atoms with Crippen molar-refractivity contribution in [3.05, 3.63) is 124 Å². The molecule has 5 aromatic rings. The molecule has 0 radical (unpaired) electrons. The van der Waals surface area contributed by atoms with E-state index in [2.05, 4.69) is 29.2 Å². The van der Waals surface area contributed by atoms with Gasteiger partial charge in [-0.1, -0.05) is 90.5 Å². The summed E-state index contributed by atoms with van der Waals surface area (Å²) < 4.78 is 1.01. The fourth-order valence-electron chi connectivity index (χ4n) is 3.97. The number of halogens is 1. The van der Waals surface area contributed by atoms with Gasteiger partial charge in [0.25, 0.3) is 5.91 Å². The van der Waals surface area contributed by atoms with Gasteiger partial charge in [-0.15, -0.1) is 11.3 Å². The minimum absolute atomic E-state index is 0.0760. The quantitative estimate of drug-likeness (QED) is 0.259. The molecule has 33 heavy (non-hydrogen) atoms. The van der Waals surface area contributed by atoms with Gasteiger partial charge in [-0.2, -0.15) is 0 Å². The fourth-order valence-corrected chi connectivity index (χ4v) is 5.45. The predicted molar refractivity (Wildman–Crippen MR) is 137 cm³/mol. The van der Waals surface area contributed by atoms with Crippen LogP contribution in [-0.2, 0) is 13.1 Å². The second-order valence-corrected chi connectivity index (χ2v) is 9.22. The fraction of sp³-hybridized carbons (Fsp3) is 0.0714. The van der Waals surface area contributed by atoms with Crippen LogP contribution in [0.4, 0.5) is 0 Å². The Morgan fingerprint density at radius 1 is 0.848 bits per heavy atom. The third-order valence-corrected chi connectivity index (χ3v) is 7.24. The number of carbonyl (C=O) groups excluding carboxylic acids is 1. The summed E-state index contributed by atoms with van der Waals surface area (Å²) in [6, 6.07) is 30.2. The van der Waals surface area contributed by atoms with E-state index >= 15 is 0 Å². The second kappa shape index (κ2) is 9.57. The third-order valence-electron chi connectivity index (χ3n) is 5.58. The first-order valence-electron chi connectivity index (χ1n) is 10.7. The minimum Gasteiger partial charge on any atom is -0.329 e. The molecule has 1 amide bonds. The lowest BCUT2D eigenvalue weighted by Crippen LogP contribution is -2.30. The van der Waals surface area contributed by atoms with E-state index in [0.717, 1.165) is 32.3 Å². The average Bonchev–Trinajstić information content (AvgIpc) is 3.21. The summed E-state index contributed by atoms with van der Waals surface area (Å²) in [6.45, 7) is 0.906. The number of rotatable bonds is 6. The van der Waals surface area contributed by atoms with Crippen LogP contribution in [0.25, 0.3) is 21.2 Å². The monoisotopic (exact) mass is 468 g/mol. The average molecular weight is 469 g/mol. The number of nitrogens with zero attached hydrogens (tertiary/aromatic N) is 2. The summed E-state index contributed by atoms with van der Waals surface area (Å²) in [6.07, 6.45) is 3.54. The Morgan fingerprint density at radius 2 is 1.61 bits per heavy atom. The SMILES string of the molecule is O=C(c1sc2ccccc2c1Cl)N(Cc1cccnc1)Cc1ccccc1-c1ccccc1. The van der Waals surface area contributed by atoms with E-state index in [9.17, 15) is 4.79 Å². The molecule has 0 aliphatic carbocycles. The molecule has 3 nitrogen and oxygen atoms in total. The molecule has 2 aromatic heterocycles. The number of thiophene rings is 1. The first-order valence-corrected chi connectivity index (χ1v) is 11.9. The number of amides is 1. The smallest absolute Gasteiger partial charge is 0.266 e. The van der Waals surface area contributed by atoms with E-state index in [4.69, 9.17) is 11.6 Å². The van der Waals surface area contributed by atoms with Gasteiger partial charge >= 0.3 is 0 Å². The van der Waals surface area contributed by atoms with Crippen LogP contribution in [0, 0.1) is 0 Å².